The largest absolute Gasteiger partial charge is 0.481 e. The molecule has 0 aromatic heterocycles. The summed E-state index contributed by atoms with van der Waals surface area (Å²) in [6.07, 6.45) is 1.43. The van der Waals surface area contributed by atoms with Crippen LogP contribution in [0.15, 0.2) is 71.6 Å². The van der Waals surface area contributed by atoms with Crippen molar-refractivity contribution < 1.29 is 27.1 Å². The number of aryl methyl sites for hydroxylation is 1. The van der Waals surface area contributed by atoms with Gasteiger partial charge in [0.2, 0.25) is 0 Å². The van der Waals surface area contributed by atoms with Crippen LogP contribution in [-0.2, 0) is 14.6 Å². The molecule has 1 aliphatic carbocycles. The van der Waals surface area contributed by atoms with Gasteiger partial charge in [0.25, 0.3) is 0 Å². The number of allylic oxidation sites excluding steroid dienone is 1. The lowest BCUT2D eigenvalue weighted by atomic mass is 10.0. The standard InChI is InChI=1S/C25H20F2O4S/c1-15-11-18(26)6-8-21(15)16-3-2-4-20(12-16)32(30,31)24-13-17(5-10-25(28)29)23-14-19(27)7-9-22(23)24/h2-4,6-9,11-14,24H,5,10H2,1H3,(H,28,29). The van der Waals surface area contributed by atoms with Crippen LogP contribution in [-0.4, -0.2) is 19.5 Å². The van der Waals surface area contributed by atoms with E-state index < -0.39 is 26.9 Å². The minimum atomic E-state index is -3.91. The van der Waals surface area contributed by atoms with Crippen molar-refractivity contribution in [3.05, 3.63) is 95.1 Å². The molecule has 0 bridgehead atoms. The average Bonchev–Trinajstić information content (AvgIpc) is 3.11. The SMILES string of the molecule is Cc1cc(F)ccc1-c1cccc(S(=O)(=O)C2C=C(CCC(=O)O)c3cc(F)ccc32)c1. The molecule has 0 saturated heterocycles. The molecule has 0 spiro atoms. The quantitative estimate of drug-likeness (QED) is 0.517. The van der Waals surface area contributed by atoms with Crippen LogP contribution >= 0.6 is 0 Å². The summed E-state index contributed by atoms with van der Waals surface area (Å²) in [6, 6.07) is 14.6. The molecular weight excluding hydrogens is 434 g/mol. The Morgan fingerprint density at radius 2 is 1.69 bits per heavy atom. The summed E-state index contributed by atoms with van der Waals surface area (Å²) in [5, 5.41) is 7.97. The van der Waals surface area contributed by atoms with Gasteiger partial charge in [0.15, 0.2) is 9.84 Å². The minimum absolute atomic E-state index is 0.0785. The minimum Gasteiger partial charge on any atom is -0.481 e. The van der Waals surface area contributed by atoms with Crippen molar-refractivity contribution in [2.45, 2.75) is 29.9 Å². The van der Waals surface area contributed by atoms with E-state index in [0.717, 1.165) is 5.56 Å². The van der Waals surface area contributed by atoms with Crippen molar-refractivity contribution in [2.75, 3.05) is 0 Å². The molecule has 164 valence electrons. The number of carboxylic acids is 1. The molecule has 4 rings (SSSR count). The van der Waals surface area contributed by atoms with E-state index in [-0.39, 0.29) is 23.6 Å². The van der Waals surface area contributed by atoms with Crippen LogP contribution in [0.4, 0.5) is 8.78 Å². The van der Waals surface area contributed by atoms with E-state index in [1.54, 1.807) is 31.2 Å². The number of rotatable bonds is 6. The zero-order valence-electron chi connectivity index (χ0n) is 17.2. The monoisotopic (exact) mass is 454 g/mol. The topological polar surface area (TPSA) is 71.4 Å². The van der Waals surface area contributed by atoms with E-state index in [9.17, 15) is 22.0 Å². The van der Waals surface area contributed by atoms with Gasteiger partial charge in [-0.15, -0.1) is 0 Å². The van der Waals surface area contributed by atoms with Gasteiger partial charge in [0.1, 0.15) is 16.9 Å². The van der Waals surface area contributed by atoms with Crippen LogP contribution in [0.5, 0.6) is 0 Å². The summed E-state index contributed by atoms with van der Waals surface area (Å²) in [5.41, 5.74) is 3.38. The van der Waals surface area contributed by atoms with E-state index in [4.69, 9.17) is 5.11 Å². The molecule has 32 heavy (non-hydrogen) atoms. The normalized spacial score (nSPS) is 15.3. The van der Waals surface area contributed by atoms with E-state index in [1.807, 2.05) is 0 Å². The number of fused-ring (bicyclic) bond motifs is 1. The number of hydrogen-bond donors (Lipinski definition) is 1. The van der Waals surface area contributed by atoms with Gasteiger partial charge in [0, 0.05) is 6.42 Å². The Morgan fingerprint density at radius 3 is 2.41 bits per heavy atom. The lowest BCUT2D eigenvalue weighted by Gasteiger charge is -2.14. The third-order valence-electron chi connectivity index (χ3n) is 5.62. The maximum atomic E-state index is 13.9. The second kappa shape index (κ2) is 8.31. The molecule has 1 aliphatic rings. The van der Waals surface area contributed by atoms with Gasteiger partial charge < -0.3 is 5.11 Å². The number of carbonyl (C=O) groups is 1. The molecule has 0 radical (unpaired) electrons. The highest BCUT2D eigenvalue weighted by Gasteiger charge is 2.35. The van der Waals surface area contributed by atoms with Gasteiger partial charge in [-0.05, 0) is 83.1 Å². The van der Waals surface area contributed by atoms with Gasteiger partial charge in [-0.3, -0.25) is 4.79 Å². The summed E-state index contributed by atoms with van der Waals surface area (Å²) in [4.78, 5) is 11.1. The van der Waals surface area contributed by atoms with Crippen LogP contribution in [0.2, 0.25) is 0 Å². The van der Waals surface area contributed by atoms with Crippen molar-refractivity contribution >= 4 is 21.4 Å². The second-order valence-electron chi connectivity index (χ2n) is 7.77. The highest BCUT2D eigenvalue weighted by atomic mass is 32.2. The fourth-order valence-corrected chi connectivity index (χ4v) is 5.81. The van der Waals surface area contributed by atoms with Crippen LogP contribution in [0.1, 0.15) is 34.8 Å². The summed E-state index contributed by atoms with van der Waals surface area (Å²) in [5.74, 6) is -1.90. The molecule has 4 nitrogen and oxygen atoms in total. The first kappa shape index (κ1) is 21.9. The van der Waals surface area contributed by atoms with Crippen LogP contribution in [0, 0.1) is 18.6 Å². The number of hydrogen-bond acceptors (Lipinski definition) is 3. The molecule has 1 atom stereocenters. The Balaban J connectivity index is 1.77. The van der Waals surface area contributed by atoms with Crippen LogP contribution < -0.4 is 0 Å². The first-order chi connectivity index (χ1) is 15.2. The third-order valence-corrected chi connectivity index (χ3v) is 7.59. The van der Waals surface area contributed by atoms with Gasteiger partial charge in [-0.25, -0.2) is 17.2 Å². The summed E-state index contributed by atoms with van der Waals surface area (Å²) in [6.45, 7) is 1.75. The summed E-state index contributed by atoms with van der Waals surface area (Å²) >= 11 is 0. The number of halogens is 2. The van der Waals surface area contributed by atoms with Gasteiger partial charge in [0.05, 0.1) is 4.90 Å². The van der Waals surface area contributed by atoms with Crippen molar-refractivity contribution in [1.82, 2.24) is 0 Å². The Bertz CT molecular complexity index is 1360. The fraction of sp³-hybridized carbons (Fsp3) is 0.160. The fourth-order valence-electron chi connectivity index (χ4n) is 4.07. The Hall–Kier alpha value is -3.32. The van der Waals surface area contributed by atoms with Gasteiger partial charge in [-0.2, -0.15) is 0 Å². The molecule has 0 amide bonds. The van der Waals surface area contributed by atoms with Gasteiger partial charge >= 0.3 is 5.97 Å². The third kappa shape index (κ3) is 4.08. The summed E-state index contributed by atoms with van der Waals surface area (Å²) < 4.78 is 54.5. The van der Waals surface area contributed by atoms with Crippen LogP contribution in [0.25, 0.3) is 16.7 Å². The number of benzene rings is 3. The lowest BCUT2D eigenvalue weighted by Crippen LogP contribution is -2.11. The highest BCUT2D eigenvalue weighted by molar-refractivity contribution is 7.91. The first-order valence-electron chi connectivity index (χ1n) is 9.99. The predicted octanol–water partition coefficient (Wildman–Crippen LogP) is 5.72. The molecule has 1 N–H and O–H groups in total. The summed E-state index contributed by atoms with van der Waals surface area (Å²) in [7, 11) is -3.91. The highest BCUT2D eigenvalue weighted by Crippen LogP contribution is 2.44. The molecule has 0 saturated carbocycles. The molecular formula is C25H20F2O4S. The molecule has 0 fully saturated rings. The van der Waals surface area contributed by atoms with Crippen molar-refractivity contribution in [1.29, 1.82) is 0 Å². The van der Waals surface area contributed by atoms with E-state index in [1.165, 1.54) is 42.5 Å². The average molecular weight is 454 g/mol. The van der Waals surface area contributed by atoms with Crippen molar-refractivity contribution in [3.63, 3.8) is 0 Å². The molecule has 0 aliphatic heterocycles. The Labute approximate surface area is 184 Å². The van der Waals surface area contributed by atoms with Gasteiger partial charge in [-0.1, -0.05) is 30.3 Å². The maximum Gasteiger partial charge on any atom is 0.303 e. The van der Waals surface area contributed by atoms with E-state index in [0.29, 0.717) is 27.8 Å². The molecule has 3 aromatic rings. The smallest absolute Gasteiger partial charge is 0.303 e. The van der Waals surface area contributed by atoms with E-state index >= 15 is 0 Å². The first-order valence-corrected chi connectivity index (χ1v) is 11.5. The van der Waals surface area contributed by atoms with Crippen LogP contribution in [0.3, 0.4) is 0 Å². The van der Waals surface area contributed by atoms with Crippen molar-refractivity contribution in [2.24, 2.45) is 0 Å². The lowest BCUT2D eigenvalue weighted by molar-refractivity contribution is -0.136. The van der Waals surface area contributed by atoms with E-state index in [2.05, 4.69) is 0 Å². The molecule has 1 unspecified atom stereocenters. The zero-order chi connectivity index (χ0) is 23.0. The number of aliphatic carboxylic acids is 1. The molecule has 7 heteroatoms. The number of sulfone groups is 1. The predicted molar refractivity (Wildman–Crippen MR) is 118 cm³/mol. The molecule has 3 aromatic carbocycles. The Kier molecular flexibility index (Phi) is 5.69. The second-order valence-corrected chi connectivity index (χ2v) is 9.84. The maximum absolute atomic E-state index is 13.9. The Morgan fingerprint density at radius 1 is 0.969 bits per heavy atom. The number of carboxylic acid groups (broad SMARTS) is 1. The van der Waals surface area contributed by atoms with Crippen molar-refractivity contribution in [3.8, 4) is 11.1 Å². The molecule has 0 heterocycles. The zero-order valence-corrected chi connectivity index (χ0v) is 18.0.